The monoisotopic (exact) mass is 345 g/mol. The summed E-state index contributed by atoms with van der Waals surface area (Å²) in [6.07, 6.45) is 3.18. The standard InChI is InChI=1S/C13H8ClN7OS/c1-23-13-17-11(9(5-15)12(22)18-13)8-4-7(14)2-3-10(8)21-6-16-19-20-21/h2-4,6H,1H3,(H,17,18,22). The lowest BCUT2D eigenvalue weighted by Gasteiger charge is -2.10. The lowest BCUT2D eigenvalue weighted by atomic mass is 10.1. The van der Waals surface area contributed by atoms with Gasteiger partial charge in [-0.15, -0.1) is 5.10 Å². The summed E-state index contributed by atoms with van der Waals surface area (Å²) in [6, 6.07) is 6.86. The summed E-state index contributed by atoms with van der Waals surface area (Å²) in [6.45, 7) is 0. The first-order valence-corrected chi connectivity index (χ1v) is 7.86. The summed E-state index contributed by atoms with van der Waals surface area (Å²) in [4.78, 5) is 19.0. The molecule has 0 saturated carbocycles. The van der Waals surface area contributed by atoms with Crippen molar-refractivity contribution >= 4 is 23.4 Å². The second kappa shape index (κ2) is 6.20. The number of tetrazole rings is 1. The number of nitrogens with zero attached hydrogens (tertiary/aromatic N) is 6. The maximum Gasteiger partial charge on any atom is 0.270 e. The normalized spacial score (nSPS) is 10.5. The summed E-state index contributed by atoms with van der Waals surface area (Å²) in [5.74, 6) is 0. The molecule has 1 N–H and O–H groups in total. The second-order valence-corrected chi connectivity index (χ2v) is 5.56. The highest BCUT2D eigenvalue weighted by atomic mass is 35.5. The van der Waals surface area contributed by atoms with Gasteiger partial charge in [0.25, 0.3) is 5.56 Å². The zero-order valence-corrected chi connectivity index (χ0v) is 13.3. The molecule has 0 saturated heterocycles. The van der Waals surface area contributed by atoms with E-state index in [0.29, 0.717) is 21.4 Å². The molecule has 2 aromatic heterocycles. The second-order valence-electron chi connectivity index (χ2n) is 4.33. The molecule has 0 aliphatic heterocycles. The Morgan fingerprint density at radius 1 is 1.43 bits per heavy atom. The van der Waals surface area contributed by atoms with E-state index in [1.54, 1.807) is 24.5 Å². The molecule has 0 amide bonds. The van der Waals surface area contributed by atoms with Crippen LogP contribution in [0.25, 0.3) is 16.9 Å². The van der Waals surface area contributed by atoms with Crippen molar-refractivity contribution in [3.05, 3.63) is 45.5 Å². The van der Waals surface area contributed by atoms with Crippen molar-refractivity contribution in [1.29, 1.82) is 5.26 Å². The van der Waals surface area contributed by atoms with Crippen molar-refractivity contribution in [3.63, 3.8) is 0 Å². The van der Waals surface area contributed by atoms with Gasteiger partial charge in [0, 0.05) is 10.6 Å². The Kier molecular flexibility index (Phi) is 4.10. The number of H-pyrrole nitrogens is 1. The van der Waals surface area contributed by atoms with Crippen molar-refractivity contribution in [1.82, 2.24) is 30.2 Å². The van der Waals surface area contributed by atoms with E-state index in [9.17, 15) is 10.1 Å². The molecule has 0 aliphatic rings. The van der Waals surface area contributed by atoms with Gasteiger partial charge >= 0.3 is 0 Å². The largest absolute Gasteiger partial charge is 0.300 e. The van der Waals surface area contributed by atoms with Gasteiger partial charge in [-0.1, -0.05) is 23.4 Å². The van der Waals surface area contributed by atoms with Crippen LogP contribution in [0.15, 0.2) is 34.5 Å². The number of hydrogen-bond donors (Lipinski definition) is 1. The Labute approximate surface area is 139 Å². The average molecular weight is 346 g/mol. The molecular weight excluding hydrogens is 338 g/mol. The summed E-state index contributed by atoms with van der Waals surface area (Å²) < 4.78 is 1.41. The minimum atomic E-state index is -0.510. The summed E-state index contributed by atoms with van der Waals surface area (Å²) >= 11 is 7.34. The predicted molar refractivity (Wildman–Crippen MR) is 84.5 cm³/mol. The summed E-state index contributed by atoms with van der Waals surface area (Å²) in [7, 11) is 0. The van der Waals surface area contributed by atoms with E-state index in [4.69, 9.17) is 11.6 Å². The van der Waals surface area contributed by atoms with Crippen LogP contribution >= 0.6 is 23.4 Å². The van der Waals surface area contributed by atoms with Gasteiger partial charge in [-0.25, -0.2) is 4.98 Å². The quantitative estimate of drug-likeness (QED) is 0.567. The third-order valence-electron chi connectivity index (χ3n) is 3.01. The lowest BCUT2D eigenvalue weighted by molar-refractivity contribution is 0.789. The molecule has 114 valence electrons. The first kappa shape index (κ1) is 15.2. The van der Waals surface area contributed by atoms with Crippen molar-refractivity contribution in [2.75, 3.05) is 6.26 Å². The minimum absolute atomic E-state index is 0.0978. The molecule has 0 unspecified atom stereocenters. The van der Waals surface area contributed by atoms with Gasteiger partial charge in [-0.05, 0) is 34.9 Å². The van der Waals surface area contributed by atoms with Crippen LogP contribution in [0.5, 0.6) is 0 Å². The number of nitriles is 1. The van der Waals surface area contributed by atoms with E-state index in [0.717, 1.165) is 0 Å². The molecule has 0 aliphatic carbocycles. The molecule has 0 bridgehead atoms. The molecule has 3 aromatic rings. The Bertz CT molecular complexity index is 961. The van der Waals surface area contributed by atoms with Crippen LogP contribution in [-0.2, 0) is 0 Å². The molecule has 1 aromatic carbocycles. The van der Waals surface area contributed by atoms with Gasteiger partial charge in [0.2, 0.25) is 0 Å². The van der Waals surface area contributed by atoms with E-state index in [-0.39, 0.29) is 11.3 Å². The fourth-order valence-corrected chi connectivity index (χ4v) is 2.57. The third-order valence-corrected chi connectivity index (χ3v) is 3.83. The SMILES string of the molecule is CSc1nc(-c2cc(Cl)ccc2-n2cnnn2)c(C#N)c(=O)[nH]1. The van der Waals surface area contributed by atoms with E-state index in [1.807, 2.05) is 6.07 Å². The van der Waals surface area contributed by atoms with Crippen molar-refractivity contribution < 1.29 is 0 Å². The van der Waals surface area contributed by atoms with Crippen LogP contribution in [0.4, 0.5) is 0 Å². The van der Waals surface area contributed by atoms with E-state index < -0.39 is 5.56 Å². The number of aromatic amines is 1. The molecule has 23 heavy (non-hydrogen) atoms. The highest BCUT2D eigenvalue weighted by molar-refractivity contribution is 7.98. The van der Waals surface area contributed by atoms with Crippen LogP contribution in [0, 0.1) is 11.3 Å². The van der Waals surface area contributed by atoms with Crippen LogP contribution in [-0.4, -0.2) is 36.4 Å². The van der Waals surface area contributed by atoms with Crippen molar-refractivity contribution in [2.45, 2.75) is 5.16 Å². The van der Waals surface area contributed by atoms with Gasteiger partial charge in [0.05, 0.1) is 11.4 Å². The maximum atomic E-state index is 12.1. The van der Waals surface area contributed by atoms with Gasteiger partial charge in [-0.3, -0.25) is 4.79 Å². The van der Waals surface area contributed by atoms with Crippen molar-refractivity contribution in [3.8, 4) is 23.0 Å². The minimum Gasteiger partial charge on any atom is -0.300 e. The van der Waals surface area contributed by atoms with Gasteiger partial charge in [-0.2, -0.15) is 9.94 Å². The van der Waals surface area contributed by atoms with Gasteiger partial charge in [0.1, 0.15) is 18.0 Å². The Balaban J connectivity index is 2.36. The average Bonchev–Trinajstić information content (AvgIpc) is 3.08. The highest BCUT2D eigenvalue weighted by Gasteiger charge is 2.18. The Hall–Kier alpha value is -2.70. The summed E-state index contributed by atoms with van der Waals surface area (Å²) in [5, 5.41) is 21.2. The number of benzene rings is 1. The zero-order chi connectivity index (χ0) is 16.4. The number of thioether (sulfide) groups is 1. The number of nitrogens with one attached hydrogen (secondary N) is 1. The van der Waals surface area contributed by atoms with Crippen LogP contribution in [0.2, 0.25) is 5.02 Å². The number of halogens is 1. The molecule has 0 fully saturated rings. The molecule has 8 nitrogen and oxygen atoms in total. The Morgan fingerprint density at radius 2 is 2.26 bits per heavy atom. The predicted octanol–water partition coefficient (Wildman–Crippen LogP) is 1.66. The highest BCUT2D eigenvalue weighted by Crippen LogP contribution is 2.29. The van der Waals surface area contributed by atoms with Crippen molar-refractivity contribution in [2.24, 2.45) is 0 Å². The number of rotatable bonds is 3. The van der Waals surface area contributed by atoms with Crippen LogP contribution in [0.1, 0.15) is 5.56 Å². The molecule has 0 spiro atoms. The number of hydrogen-bond acceptors (Lipinski definition) is 7. The molecule has 10 heteroatoms. The van der Waals surface area contributed by atoms with Gasteiger partial charge < -0.3 is 4.98 Å². The first-order valence-electron chi connectivity index (χ1n) is 6.25. The molecule has 2 heterocycles. The third kappa shape index (κ3) is 2.81. The zero-order valence-electron chi connectivity index (χ0n) is 11.7. The lowest BCUT2D eigenvalue weighted by Crippen LogP contribution is -2.15. The first-order chi connectivity index (χ1) is 11.1. The molecular formula is C13H8ClN7OS. The van der Waals surface area contributed by atoms with E-state index >= 15 is 0 Å². The maximum absolute atomic E-state index is 12.1. The van der Waals surface area contributed by atoms with E-state index in [1.165, 1.54) is 22.8 Å². The Morgan fingerprint density at radius 3 is 2.91 bits per heavy atom. The molecule has 3 rings (SSSR count). The van der Waals surface area contributed by atoms with E-state index in [2.05, 4.69) is 25.5 Å². The topological polar surface area (TPSA) is 113 Å². The molecule has 0 radical (unpaired) electrons. The fraction of sp³-hybridized carbons (Fsp3) is 0.0769. The van der Waals surface area contributed by atoms with Crippen LogP contribution in [0.3, 0.4) is 0 Å². The summed E-state index contributed by atoms with van der Waals surface area (Å²) in [5.41, 5.74) is 0.668. The smallest absolute Gasteiger partial charge is 0.270 e. The fourth-order valence-electron chi connectivity index (χ4n) is 2.02. The number of aromatic nitrogens is 6. The van der Waals surface area contributed by atoms with Gasteiger partial charge in [0.15, 0.2) is 5.16 Å². The van der Waals surface area contributed by atoms with Crippen LogP contribution < -0.4 is 5.56 Å². The molecule has 0 atom stereocenters.